The third kappa shape index (κ3) is 3.89. The van der Waals surface area contributed by atoms with Crippen LogP contribution in [0.25, 0.3) is 0 Å². The number of carbonyl (C=O) groups excluding carboxylic acids is 4. The zero-order valence-electron chi connectivity index (χ0n) is 17.8. The normalized spacial score (nSPS) is 14.7. The number of imide groups is 1. The summed E-state index contributed by atoms with van der Waals surface area (Å²) < 4.78 is 15.7. The van der Waals surface area contributed by atoms with E-state index >= 15 is 0 Å². The fourth-order valence-electron chi connectivity index (χ4n) is 3.89. The number of rotatable bonds is 6. The van der Waals surface area contributed by atoms with Crippen molar-refractivity contribution in [1.29, 1.82) is 0 Å². The number of ether oxygens (including phenoxy) is 3. The van der Waals surface area contributed by atoms with E-state index in [1.54, 1.807) is 31.3 Å². The van der Waals surface area contributed by atoms with Gasteiger partial charge < -0.3 is 19.1 Å². The van der Waals surface area contributed by atoms with Crippen LogP contribution < -0.4 is 9.47 Å². The van der Waals surface area contributed by atoms with Crippen molar-refractivity contribution in [1.82, 2.24) is 9.80 Å². The molecule has 2 heterocycles. The number of hydrogen-bond acceptors (Lipinski definition) is 7. The van der Waals surface area contributed by atoms with E-state index in [0.717, 1.165) is 16.0 Å². The number of amides is 3. The zero-order valence-corrected chi connectivity index (χ0v) is 17.8. The van der Waals surface area contributed by atoms with Crippen molar-refractivity contribution < 1.29 is 33.4 Å². The smallest absolute Gasteiger partial charge is 0.326 e. The fraction of sp³-hybridized carbons (Fsp3) is 0.304. The van der Waals surface area contributed by atoms with E-state index in [1.165, 1.54) is 12.1 Å². The Morgan fingerprint density at radius 3 is 2.12 bits per heavy atom. The predicted molar refractivity (Wildman–Crippen MR) is 111 cm³/mol. The lowest BCUT2D eigenvalue weighted by molar-refractivity contribution is -0.152. The van der Waals surface area contributed by atoms with Gasteiger partial charge in [0.15, 0.2) is 18.1 Å². The second-order valence-electron chi connectivity index (χ2n) is 7.44. The monoisotopic (exact) mass is 438 g/mol. The van der Waals surface area contributed by atoms with Crippen LogP contribution in [0.2, 0.25) is 0 Å². The molecule has 0 atom stereocenters. The van der Waals surface area contributed by atoms with Gasteiger partial charge in [-0.2, -0.15) is 0 Å². The highest BCUT2D eigenvalue weighted by Crippen LogP contribution is 2.33. The number of carbonyl (C=O) groups is 4. The summed E-state index contributed by atoms with van der Waals surface area (Å²) in [6, 6.07) is 10.1. The number of hydrogen-bond donors (Lipinski definition) is 0. The number of fused-ring (bicyclic) bond motifs is 2. The molecule has 3 amide bonds. The number of methoxy groups -OCH3 is 2. The van der Waals surface area contributed by atoms with E-state index in [4.69, 9.17) is 14.2 Å². The van der Waals surface area contributed by atoms with Crippen LogP contribution in [0.15, 0.2) is 36.4 Å². The molecule has 9 heteroatoms. The van der Waals surface area contributed by atoms with Crippen molar-refractivity contribution in [2.45, 2.75) is 13.0 Å². The molecule has 2 aromatic rings. The Morgan fingerprint density at radius 1 is 0.938 bits per heavy atom. The maximum absolute atomic E-state index is 12.6. The molecule has 0 saturated carbocycles. The first kappa shape index (κ1) is 21.4. The van der Waals surface area contributed by atoms with Gasteiger partial charge in [0.05, 0.1) is 25.3 Å². The average molecular weight is 438 g/mol. The van der Waals surface area contributed by atoms with E-state index in [9.17, 15) is 19.2 Å². The minimum absolute atomic E-state index is 0.250. The molecule has 9 nitrogen and oxygen atoms in total. The maximum Gasteiger partial charge on any atom is 0.326 e. The van der Waals surface area contributed by atoms with Gasteiger partial charge in [0.2, 0.25) is 0 Å². The first-order valence-corrected chi connectivity index (χ1v) is 10.0. The second-order valence-corrected chi connectivity index (χ2v) is 7.44. The van der Waals surface area contributed by atoms with Crippen molar-refractivity contribution in [3.63, 3.8) is 0 Å². The van der Waals surface area contributed by atoms with Crippen LogP contribution in [-0.4, -0.2) is 67.4 Å². The quantitative estimate of drug-likeness (QED) is 0.497. The van der Waals surface area contributed by atoms with E-state index in [1.807, 2.05) is 12.1 Å². The molecule has 0 spiro atoms. The van der Waals surface area contributed by atoms with E-state index < -0.39 is 30.9 Å². The molecule has 2 aliphatic rings. The Kier molecular flexibility index (Phi) is 5.81. The minimum atomic E-state index is -0.823. The first-order valence-electron chi connectivity index (χ1n) is 10.0. The van der Waals surface area contributed by atoms with E-state index in [2.05, 4.69) is 0 Å². The zero-order chi connectivity index (χ0) is 22.8. The van der Waals surface area contributed by atoms with E-state index in [-0.39, 0.29) is 17.0 Å². The highest BCUT2D eigenvalue weighted by molar-refractivity contribution is 6.22. The molecule has 2 aliphatic heterocycles. The SMILES string of the molecule is COc1cc2c(cc1OC)CN(C(=O)COC(=O)CN1C(=O)c3ccccc3C1=O)CC2. The summed E-state index contributed by atoms with van der Waals surface area (Å²) in [7, 11) is 3.11. The fourth-order valence-corrected chi connectivity index (χ4v) is 3.89. The Morgan fingerprint density at radius 2 is 1.53 bits per heavy atom. The maximum atomic E-state index is 12.6. The average Bonchev–Trinajstić information content (AvgIpc) is 3.06. The molecule has 0 unspecified atom stereocenters. The summed E-state index contributed by atoms with van der Waals surface area (Å²) in [5, 5.41) is 0. The van der Waals surface area contributed by atoms with Gasteiger partial charge in [-0.25, -0.2) is 0 Å². The first-order chi connectivity index (χ1) is 15.4. The minimum Gasteiger partial charge on any atom is -0.493 e. The molecule has 0 aromatic heterocycles. The van der Waals surface area contributed by atoms with Gasteiger partial charge in [-0.1, -0.05) is 12.1 Å². The third-order valence-corrected chi connectivity index (χ3v) is 5.59. The Bertz CT molecular complexity index is 1080. The molecule has 0 N–H and O–H groups in total. The van der Waals surface area contributed by atoms with Crippen molar-refractivity contribution in [3.8, 4) is 11.5 Å². The van der Waals surface area contributed by atoms with Gasteiger partial charge in [-0.15, -0.1) is 0 Å². The highest BCUT2D eigenvalue weighted by atomic mass is 16.5. The summed E-state index contributed by atoms with van der Waals surface area (Å²) in [5.41, 5.74) is 2.50. The van der Waals surface area contributed by atoms with Crippen LogP contribution in [0.4, 0.5) is 0 Å². The largest absolute Gasteiger partial charge is 0.493 e. The Hall–Kier alpha value is -3.88. The molecule has 2 aromatic carbocycles. The molecular weight excluding hydrogens is 416 g/mol. The van der Waals surface area contributed by atoms with Crippen LogP contribution in [0.3, 0.4) is 0 Å². The van der Waals surface area contributed by atoms with Crippen LogP contribution in [-0.2, 0) is 27.3 Å². The van der Waals surface area contributed by atoms with Crippen LogP contribution >= 0.6 is 0 Å². The summed E-state index contributed by atoms with van der Waals surface area (Å²) in [6.45, 7) is -0.189. The van der Waals surface area contributed by atoms with Crippen LogP contribution in [0.1, 0.15) is 31.8 Å². The van der Waals surface area contributed by atoms with Crippen molar-refractivity contribution >= 4 is 23.7 Å². The lowest BCUT2D eigenvalue weighted by atomic mass is 9.99. The molecule has 32 heavy (non-hydrogen) atoms. The Labute approximate surface area is 184 Å². The number of nitrogens with zero attached hydrogens (tertiary/aromatic N) is 2. The molecule has 166 valence electrons. The van der Waals surface area contributed by atoms with Crippen LogP contribution in [0, 0.1) is 0 Å². The summed E-state index contributed by atoms with van der Waals surface area (Å²) in [4.78, 5) is 51.9. The second kappa shape index (κ2) is 8.70. The Balaban J connectivity index is 1.33. The lowest BCUT2D eigenvalue weighted by Gasteiger charge is -2.29. The third-order valence-electron chi connectivity index (χ3n) is 5.59. The summed E-state index contributed by atoms with van der Waals surface area (Å²) in [5.74, 6) is -1.07. The lowest BCUT2D eigenvalue weighted by Crippen LogP contribution is -2.40. The van der Waals surface area contributed by atoms with Gasteiger partial charge >= 0.3 is 5.97 Å². The molecule has 0 fully saturated rings. The molecular formula is C23H22N2O7. The summed E-state index contributed by atoms with van der Waals surface area (Å²) in [6.07, 6.45) is 0.629. The van der Waals surface area contributed by atoms with Crippen molar-refractivity contribution in [2.75, 3.05) is 33.9 Å². The van der Waals surface area contributed by atoms with Gasteiger partial charge in [0.1, 0.15) is 6.54 Å². The van der Waals surface area contributed by atoms with Gasteiger partial charge in [-0.05, 0) is 41.8 Å². The van der Waals surface area contributed by atoms with E-state index in [0.29, 0.717) is 31.0 Å². The standard InChI is InChI=1S/C23H22N2O7/c1-30-18-9-14-7-8-24(11-15(14)10-19(18)31-2)20(26)13-32-21(27)12-25-22(28)16-5-3-4-6-17(16)23(25)29/h3-6,9-10H,7-8,11-13H2,1-2H3. The molecule has 0 aliphatic carbocycles. The molecule has 4 rings (SSSR count). The number of benzene rings is 2. The highest BCUT2D eigenvalue weighted by Gasteiger charge is 2.36. The molecule has 0 bridgehead atoms. The van der Waals surface area contributed by atoms with Crippen molar-refractivity contribution in [2.24, 2.45) is 0 Å². The van der Waals surface area contributed by atoms with Gasteiger partial charge in [0.25, 0.3) is 17.7 Å². The predicted octanol–water partition coefficient (Wildman–Crippen LogP) is 1.43. The van der Waals surface area contributed by atoms with Gasteiger partial charge in [-0.3, -0.25) is 24.1 Å². The molecule has 0 saturated heterocycles. The summed E-state index contributed by atoms with van der Waals surface area (Å²) >= 11 is 0. The number of esters is 1. The molecule has 0 radical (unpaired) electrons. The topological polar surface area (TPSA) is 102 Å². The van der Waals surface area contributed by atoms with Gasteiger partial charge in [0, 0.05) is 13.1 Å². The van der Waals surface area contributed by atoms with Crippen molar-refractivity contribution in [3.05, 3.63) is 58.7 Å². The van der Waals surface area contributed by atoms with Crippen LogP contribution in [0.5, 0.6) is 11.5 Å².